The van der Waals surface area contributed by atoms with Crippen molar-refractivity contribution in [3.05, 3.63) is 43.0 Å². The Labute approximate surface area is 106 Å². The molecule has 4 heteroatoms. The van der Waals surface area contributed by atoms with Crippen molar-refractivity contribution in [1.82, 2.24) is 9.97 Å². The Bertz CT molecular complexity index is 538. The van der Waals surface area contributed by atoms with Gasteiger partial charge in [-0.1, -0.05) is 26.0 Å². The van der Waals surface area contributed by atoms with E-state index in [-0.39, 0.29) is 11.8 Å². The van der Waals surface area contributed by atoms with Gasteiger partial charge in [-0.2, -0.15) is 0 Å². The van der Waals surface area contributed by atoms with Crippen molar-refractivity contribution in [2.75, 3.05) is 5.32 Å². The lowest BCUT2D eigenvalue weighted by Crippen LogP contribution is -2.17. The lowest BCUT2D eigenvalue weighted by atomic mass is 10.1. The summed E-state index contributed by atoms with van der Waals surface area (Å²) in [6.07, 6.45) is 4.99. The summed E-state index contributed by atoms with van der Waals surface area (Å²) >= 11 is 0. The van der Waals surface area contributed by atoms with Crippen molar-refractivity contribution in [2.24, 2.45) is 5.92 Å². The van der Waals surface area contributed by atoms with Gasteiger partial charge in [0, 0.05) is 29.6 Å². The van der Waals surface area contributed by atoms with E-state index in [0.717, 1.165) is 16.8 Å². The topological polar surface area (TPSA) is 54.9 Å². The van der Waals surface area contributed by atoms with E-state index < -0.39 is 0 Å². The number of amides is 1. The van der Waals surface area contributed by atoms with E-state index in [4.69, 9.17) is 0 Å². The second-order valence-corrected chi connectivity index (χ2v) is 4.35. The van der Waals surface area contributed by atoms with Gasteiger partial charge in [-0.3, -0.25) is 4.79 Å². The number of carbonyl (C=O) groups is 1. The first kappa shape index (κ1) is 12.2. The van der Waals surface area contributed by atoms with Crippen molar-refractivity contribution < 1.29 is 4.79 Å². The normalized spacial score (nSPS) is 10.4. The molecule has 0 atom stereocenters. The van der Waals surface area contributed by atoms with E-state index in [9.17, 15) is 4.79 Å². The van der Waals surface area contributed by atoms with Crippen LogP contribution in [0.1, 0.15) is 13.8 Å². The van der Waals surface area contributed by atoms with E-state index >= 15 is 0 Å². The molecule has 92 valence electrons. The molecule has 1 heterocycles. The summed E-state index contributed by atoms with van der Waals surface area (Å²) in [4.78, 5) is 19.6. The molecular formula is C14H15N3O. The van der Waals surface area contributed by atoms with Gasteiger partial charge in [0.05, 0.1) is 0 Å². The molecular weight excluding hydrogens is 226 g/mol. The van der Waals surface area contributed by atoms with E-state index in [0.29, 0.717) is 0 Å². The summed E-state index contributed by atoms with van der Waals surface area (Å²) in [7, 11) is 0. The molecule has 18 heavy (non-hydrogen) atoms. The van der Waals surface area contributed by atoms with E-state index in [1.54, 1.807) is 12.4 Å². The van der Waals surface area contributed by atoms with Crippen LogP contribution >= 0.6 is 0 Å². The van der Waals surface area contributed by atoms with Crippen LogP contribution in [0.4, 0.5) is 5.69 Å². The first-order valence-electron chi connectivity index (χ1n) is 5.83. The number of aromatic nitrogens is 2. The minimum Gasteiger partial charge on any atom is -0.326 e. The van der Waals surface area contributed by atoms with Crippen LogP contribution in [0, 0.1) is 5.92 Å². The number of nitrogens with zero attached hydrogens (tertiary/aromatic N) is 2. The summed E-state index contributed by atoms with van der Waals surface area (Å²) in [5, 5.41) is 2.87. The van der Waals surface area contributed by atoms with Crippen LogP contribution in [0.15, 0.2) is 43.0 Å². The van der Waals surface area contributed by atoms with Gasteiger partial charge in [0.2, 0.25) is 5.91 Å². The highest BCUT2D eigenvalue weighted by Crippen LogP contribution is 2.21. The highest BCUT2D eigenvalue weighted by molar-refractivity contribution is 5.92. The first-order valence-corrected chi connectivity index (χ1v) is 5.83. The van der Waals surface area contributed by atoms with Crippen LogP contribution in [0.5, 0.6) is 0 Å². The quantitative estimate of drug-likeness (QED) is 0.898. The molecule has 0 radical (unpaired) electrons. The maximum atomic E-state index is 11.6. The molecule has 0 spiro atoms. The fourth-order valence-electron chi connectivity index (χ4n) is 1.51. The van der Waals surface area contributed by atoms with Crippen LogP contribution in [-0.2, 0) is 4.79 Å². The molecule has 0 aliphatic carbocycles. The molecule has 1 amide bonds. The van der Waals surface area contributed by atoms with Gasteiger partial charge in [-0.15, -0.1) is 0 Å². The van der Waals surface area contributed by atoms with Gasteiger partial charge >= 0.3 is 0 Å². The van der Waals surface area contributed by atoms with Crippen LogP contribution in [0.25, 0.3) is 11.1 Å². The number of carbonyl (C=O) groups excluding carboxylic acids is 1. The molecule has 0 saturated heterocycles. The van der Waals surface area contributed by atoms with Crippen molar-refractivity contribution in [3.63, 3.8) is 0 Å². The first-order chi connectivity index (χ1) is 8.66. The average molecular weight is 241 g/mol. The Morgan fingerprint density at radius 3 is 2.56 bits per heavy atom. The number of rotatable bonds is 3. The van der Waals surface area contributed by atoms with Gasteiger partial charge in [0.15, 0.2) is 0 Å². The molecule has 1 aromatic heterocycles. The van der Waals surface area contributed by atoms with Gasteiger partial charge in [0.1, 0.15) is 6.33 Å². The van der Waals surface area contributed by atoms with Gasteiger partial charge < -0.3 is 5.32 Å². The largest absolute Gasteiger partial charge is 0.326 e. The second-order valence-electron chi connectivity index (χ2n) is 4.35. The maximum Gasteiger partial charge on any atom is 0.226 e. The van der Waals surface area contributed by atoms with Gasteiger partial charge in [-0.25, -0.2) is 9.97 Å². The molecule has 0 bridgehead atoms. The zero-order valence-corrected chi connectivity index (χ0v) is 10.4. The summed E-state index contributed by atoms with van der Waals surface area (Å²) < 4.78 is 0. The summed E-state index contributed by atoms with van der Waals surface area (Å²) in [6.45, 7) is 3.73. The standard InChI is InChI=1S/C14H15N3O/c1-10(2)14(18)17-13-5-3-4-11(6-13)12-7-15-9-16-8-12/h3-10H,1-2H3,(H,17,18). The smallest absolute Gasteiger partial charge is 0.226 e. The molecule has 2 aromatic rings. The number of benzene rings is 1. The molecule has 0 fully saturated rings. The number of hydrogen-bond acceptors (Lipinski definition) is 3. The maximum absolute atomic E-state index is 11.6. The predicted molar refractivity (Wildman–Crippen MR) is 70.9 cm³/mol. The van der Waals surface area contributed by atoms with E-state index in [1.165, 1.54) is 6.33 Å². The van der Waals surface area contributed by atoms with Crippen LogP contribution in [0.3, 0.4) is 0 Å². The van der Waals surface area contributed by atoms with Crippen LogP contribution in [-0.4, -0.2) is 15.9 Å². The summed E-state index contributed by atoms with van der Waals surface area (Å²) in [5.41, 5.74) is 2.70. The predicted octanol–water partition coefficient (Wildman–Crippen LogP) is 2.74. The molecule has 1 aromatic carbocycles. The van der Waals surface area contributed by atoms with E-state index in [2.05, 4.69) is 15.3 Å². The molecule has 4 nitrogen and oxygen atoms in total. The molecule has 0 unspecified atom stereocenters. The third-order valence-corrected chi connectivity index (χ3v) is 2.55. The molecule has 0 aliphatic heterocycles. The fourth-order valence-corrected chi connectivity index (χ4v) is 1.51. The Morgan fingerprint density at radius 2 is 1.89 bits per heavy atom. The molecule has 0 saturated carbocycles. The monoisotopic (exact) mass is 241 g/mol. The van der Waals surface area contributed by atoms with Crippen LogP contribution < -0.4 is 5.32 Å². The van der Waals surface area contributed by atoms with Crippen LogP contribution in [0.2, 0.25) is 0 Å². The van der Waals surface area contributed by atoms with Gasteiger partial charge in [-0.05, 0) is 17.7 Å². The minimum atomic E-state index is -0.0336. The third-order valence-electron chi connectivity index (χ3n) is 2.55. The lowest BCUT2D eigenvalue weighted by Gasteiger charge is -2.09. The van der Waals surface area contributed by atoms with E-state index in [1.807, 2.05) is 38.1 Å². The highest BCUT2D eigenvalue weighted by Gasteiger charge is 2.07. The van der Waals surface area contributed by atoms with Crippen molar-refractivity contribution >= 4 is 11.6 Å². The fraction of sp³-hybridized carbons (Fsp3) is 0.214. The number of anilines is 1. The minimum absolute atomic E-state index is 0.0106. The zero-order valence-electron chi connectivity index (χ0n) is 10.4. The highest BCUT2D eigenvalue weighted by atomic mass is 16.1. The number of hydrogen-bond donors (Lipinski definition) is 1. The SMILES string of the molecule is CC(C)C(=O)Nc1cccc(-c2cncnc2)c1. The second kappa shape index (κ2) is 5.40. The third kappa shape index (κ3) is 2.91. The Morgan fingerprint density at radius 1 is 1.17 bits per heavy atom. The summed E-state index contributed by atoms with van der Waals surface area (Å²) in [6, 6.07) is 7.65. The lowest BCUT2D eigenvalue weighted by molar-refractivity contribution is -0.118. The Kier molecular flexibility index (Phi) is 3.67. The van der Waals surface area contributed by atoms with Crippen molar-refractivity contribution in [3.8, 4) is 11.1 Å². The van der Waals surface area contributed by atoms with Crippen molar-refractivity contribution in [1.29, 1.82) is 0 Å². The Hall–Kier alpha value is -2.23. The zero-order chi connectivity index (χ0) is 13.0. The molecule has 2 rings (SSSR count). The molecule has 0 aliphatic rings. The Balaban J connectivity index is 2.23. The average Bonchev–Trinajstić information content (AvgIpc) is 2.40. The van der Waals surface area contributed by atoms with Crippen molar-refractivity contribution in [2.45, 2.75) is 13.8 Å². The van der Waals surface area contributed by atoms with Gasteiger partial charge in [0.25, 0.3) is 0 Å². The summed E-state index contributed by atoms with van der Waals surface area (Å²) in [5.74, 6) is -0.0230. The number of nitrogens with one attached hydrogen (secondary N) is 1. The molecule has 1 N–H and O–H groups in total.